The molecule has 152 valence electrons. The molecule has 0 aliphatic carbocycles. The van der Waals surface area contributed by atoms with Crippen LogP contribution in [-0.2, 0) is 4.79 Å². The van der Waals surface area contributed by atoms with Crippen LogP contribution in [0.4, 0.5) is 11.4 Å². The second-order valence-corrected chi connectivity index (χ2v) is 7.58. The van der Waals surface area contributed by atoms with E-state index in [1.54, 1.807) is 12.1 Å². The summed E-state index contributed by atoms with van der Waals surface area (Å²) in [4.78, 5) is 14.9. The van der Waals surface area contributed by atoms with Gasteiger partial charge in [0.1, 0.15) is 0 Å². The van der Waals surface area contributed by atoms with Crippen molar-refractivity contribution in [2.45, 2.75) is 6.42 Å². The third-order valence-corrected chi connectivity index (χ3v) is 5.73. The molecule has 1 fully saturated rings. The van der Waals surface area contributed by atoms with Crippen LogP contribution >= 0.6 is 11.6 Å². The van der Waals surface area contributed by atoms with Crippen LogP contribution in [0.15, 0.2) is 47.0 Å². The largest absolute Gasteiger partial charge is 0.504 e. The normalized spacial score (nSPS) is 16.7. The molecule has 0 bridgehead atoms. The first-order valence-electron chi connectivity index (χ1n) is 9.50. The molecule has 3 heterocycles. The number of ether oxygens (including phenoxy) is 1. The number of aliphatic hydroxyl groups excluding tert-OH is 1. The number of carbonyl (C=O) groups excluding carboxylic acids is 1. The average molecular weight is 424 g/mol. The molecule has 5 rings (SSSR count). The van der Waals surface area contributed by atoms with Crippen molar-refractivity contribution in [1.82, 2.24) is 5.16 Å². The monoisotopic (exact) mass is 423 g/mol. The summed E-state index contributed by atoms with van der Waals surface area (Å²) in [6.07, 6.45) is 1.22. The maximum absolute atomic E-state index is 12.6. The van der Waals surface area contributed by atoms with E-state index in [1.807, 2.05) is 12.1 Å². The van der Waals surface area contributed by atoms with E-state index in [-0.39, 0.29) is 23.0 Å². The molecular weight excluding hydrogens is 406 g/mol. The molecule has 1 aromatic heterocycles. The first-order chi connectivity index (χ1) is 14.5. The molecule has 8 heteroatoms. The lowest BCUT2D eigenvalue weighted by Gasteiger charge is -2.33. The van der Waals surface area contributed by atoms with Crippen molar-refractivity contribution in [3.63, 3.8) is 0 Å². The van der Waals surface area contributed by atoms with E-state index in [9.17, 15) is 9.90 Å². The Morgan fingerprint density at radius 2 is 1.97 bits per heavy atom. The molecule has 0 radical (unpaired) electrons. The number of anilines is 2. The number of hydrogen-bond donors (Lipinski definition) is 2. The summed E-state index contributed by atoms with van der Waals surface area (Å²) < 4.78 is 10.1. The fourth-order valence-electron chi connectivity index (χ4n) is 3.66. The number of rotatable bonds is 4. The fourth-order valence-corrected chi connectivity index (χ4v) is 3.94. The first-order valence-corrected chi connectivity index (χ1v) is 9.88. The van der Waals surface area contributed by atoms with Gasteiger partial charge in [-0.1, -0.05) is 23.7 Å². The molecule has 1 amide bonds. The second kappa shape index (κ2) is 7.11. The predicted octanol–water partition coefficient (Wildman–Crippen LogP) is 4.59. The molecule has 2 aliphatic rings. The highest BCUT2D eigenvalue weighted by Gasteiger charge is 2.31. The number of amides is 1. The molecule has 0 unspecified atom stereocenters. The Balaban J connectivity index is 1.57. The zero-order valence-electron chi connectivity index (χ0n) is 16.1. The number of hydrogen-bond acceptors (Lipinski definition) is 6. The van der Waals surface area contributed by atoms with Crippen LogP contribution in [-0.4, -0.2) is 36.4 Å². The van der Waals surface area contributed by atoms with E-state index >= 15 is 0 Å². The summed E-state index contributed by atoms with van der Waals surface area (Å²) in [6.45, 7) is 2.15. The summed E-state index contributed by atoms with van der Waals surface area (Å²) in [7, 11) is 1.44. The minimum Gasteiger partial charge on any atom is -0.504 e. The molecule has 0 atom stereocenters. The Morgan fingerprint density at radius 3 is 2.60 bits per heavy atom. The third kappa shape index (κ3) is 2.98. The minimum absolute atomic E-state index is 0.0419. The van der Waals surface area contributed by atoms with Crippen molar-refractivity contribution in [2.75, 3.05) is 30.4 Å². The number of nitrogens with zero attached hydrogens (tertiary/aromatic N) is 2. The molecule has 2 N–H and O–H groups in total. The lowest BCUT2D eigenvalue weighted by Crippen LogP contribution is -2.36. The number of aliphatic hydroxyl groups is 1. The van der Waals surface area contributed by atoms with Crippen LogP contribution in [0.3, 0.4) is 0 Å². The summed E-state index contributed by atoms with van der Waals surface area (Å²) in [5.74, 6) is -0.516. The lowest BCUT2D eigenvalue weighted by molar-refractivity contribution is -0.110. The second-order valence-electron chi connectivity index (χ2n) is 7.18. The average Bonchev–Trinajstić information content (AvgIpc) is 3.30. The van der Waals surface area contributed by atoms with E-state index in [0.717, 1.165) is 24.2 Å². The van der Waals surface area contributed by atoms with Crippen LogP contribution in [0.2, 0.25) is 5.02 Å². The fraction of sp³-hybridized carbons (Fsp3) is 0.182. The van der Waals surface area contributed by atoms with Gasteiger partial charge >= 0.3 is 0 Å². The number of nitrogens with one attached hydrogen (secondary N) is 1. The molecule has 7 nitrogen and oxygen atoms in total. The highest BCUT2D eigenvalue weighted by Crippen LogP contribution is 2.42. The summed E-state index contributed by atoms with van der Waals surface area (Å²) in [6, 6.07) is 13.1. The Morgan fingerprint density at radius 1 is 1.20 bits per heavy atom. The van der Waals surface area contributed by atoms with Crippen LogP contribution in [0.5, 0.6) is 5.88 Å². The number of benzene rings is 2. The zero-order valence-corrected chi connectivity index (χ0v) is 16.9. The lowest BCUT2D eigenvalue weighted by atomic mass is 9.98. The van der Waals surface area contributed by atoms with Crippen molar-refractivity contribution >= 4 is 40.2 Å². The maximum atomic E-state index is 12.6. The Hall–Kier alpha value is -3.45. The Bertz CT molecular complexity index is 1180. The van der Waals surface area contributed by atoms with Gasteiger partial charge in [0.05, 0.1) is 29.5 Å². The van der Waals surface area contributed by atoms with Gasteiger partial charge in [0.2, 0.25) is 5.76 Å². The van der Waals surface area contributed by atoms with E-state index in [4.69, 9.17) is 20.9 Å². The van der Waals surface area contributed by atoms with E-state index in [1.165, 1.54) is 25.3 Å². The van der Waals surface area contributed by atoms with Crippen molar-refractivity contribution in [3.05, 3.63) is 58.8 Å². The van der Waals surface area contributed by atoms with Crippen LogP contribution < -0.4 is 15.0 Å². The maximum Gasteiger partial charge on any atom is 0.260 e. The highest BCUT2D eigenvalue weighted by atomic mass is 35.5. The third-order valence-electron chi connectivity index (χ3n) is 5.42. The molecule has 2 aromatic carbocycles. The van der Waals surface area contributed by atoms with Gasteiger partial charge in [-0.25, -0.2) is 0 Å². The van der Waals surface area contributed by atoms with Gasteiger partial charge in [0, 0.05) is 29.9 Å². The van der Waals surface area contributed by atoms with Crippen molar-refractivity contribution < 1.29 is 19.2 Å². The molecule has 3 aromatic rings. The van der Waals surface area contributed by atoms with E-state index in [0.29, 0.717) is 16.3 Å². The van der Waals surface area contributed by atoms with E-state index < -0.39 is 5.91 Å². The zero-order chi connectivity index (χ0) is 20.8. The van der Waals surface area contributed by atoms with Gasteiger partial charge in [-0.3, -0.25) is 4.79 Å². The quantitative estimate of drug-likeness (QED) is 0.471. The van der Waals surface area contributed by atoms with Crippen LogP contribution in [0.25, 0.3) is 22.5 Å². The SMILES string of the molecule is COc1cc(/C(O)=C2\C(=O)Nc3cc(Cl)c(-c4ccc(N5CCC5)cc4)cc32)on1. The topological polar surface area (TPSA) is 87.8 Å². The Labute approximate surface area is 177 Å². The summed E-state index contributed by atoms with van der Waals surface area (Å²) >= 11 is 6.51. The van der Waals surface area contributed by atoms with E-state index in [2.05, 4.69) is 27.5 Å². The van der Waals surface area contributed by atoms with Crippen molar-refractivity contribution in [1.29, 1.82) is 0 Å². The number of carbonyl (C=O) groups is 1. The van der Waals surface area contributed by atoms with Gasteiger partial charge in [-0.2, -0.15) is 0 Å². The smallest absolute Gasteiger partial charge is 0.260 e. The highest BCUT2D eigenvalue weighted by molar-refractivity contribution is 6.38. The standard InChI is InChI=1S/C22H18ClN3O4/c1-29-19-11-18(30-25-19)21(27)20-15-9-14(16(23)10-17(15)24-22(20)28)12-3-5-13(6-4-12)26-7-2-8-26/h3-6,9-11,27H,2,7-8H2,1H3,(H,24,28)/b21-20+. The number of fused-ring (bicyclic) bond motifs is 1. The number of halogens is 1. The summed E-state index contributed by atoms with van der Waals surface area (Å²) in [5, 5.41) is 17.6. The summed E-state index contributed by atoms with van der Waals surface area (Å²) in [5.41, 5.74) is 4.03. The van der Waals surface area contributed by atoms with Crippen molar-refractivity contribution in [3.8, 4) is 17.0 Å². The van der Waals surface area contributed by atoms with Crippen molar-refractivity contribution in [2.24, 2.45) is 0 Å². The predicted molar refractivity (Wildman–Crippen MR) is 115 cm³/mol. The van der Waals surface area contributed by atoms with Gasteiger partial charge in [0.25, 0.3) is 11.8 Å². The molecule has 2 aliphatic heterocycles. The Kier molecular flexibility index (Phi) is 4.40. The number of aromatic nitrogens is 1. The molecule has 0 saturated carbocycles. The molecule has 0 spiro atoms. The van der Waals surface area contributed by atoms with Crippen LogP contribution in [0, 0.1) is 0 Å². The van der Waals surface area contributed by atoms with Crippen LogP contribution in [0.1, 0.15) is 17.7 Å². The van der Waals surface area contributed by atoms with Gasteiger partial charge in [-0.15, -0.1) is 0 Å². The van der Waals surface area contributed by atoms with Gasteiger partial charge in [0.15, 0.2) is 5.76 Å². The molecular formula is C22H18ClN3O4. The van der Waals surface area contributed by atoms with Gasteiger partial charge < -0.3 is 24.6 Å². The molecule has 1 saturated heterocycles. The first kappa shape index (κ1) is 18.6. The number of methoxy groups -OCH3 is 1. The van der Waals surface area contributed by atoms with Gasteiger partial charge in [-0.05, 0) is 41.4 Å². The molecule has 30 heavy (non-hydrogen) atoms. The minimum atomic E-state index is -0.445.